The number of aromatic nitrogens is 1. The fourth-order valence-electron chi connectivity index (χ4n) is 1.49. The maximum atomic E-state index is 10.9. The molecule has 0 saturated heterocycles. The molecule has 0 aliphatic rings. The van der Waals surface area contributed by atoms with Crippen LogP contribution in [0.15, 0.2) is 18.2 Å². The van der Waals surface area contributed by atoms with Crippen molar-refractivity contribution in [3.05, 3.63) is 29.6 Å². The molecule has 0 atom stereocenters. The highest BCUT2D eigenvalue weighted by molar-refractivity contribution is 5.90. The highest BCUT2D eigenvalue weighted by Crippen LogP contribution is 2.06. The summed E-state index contributed by atoms with van der Waals surface area (Å²) in [5, 5.41) is 0. The largest absolute Gasteiger partial charge is 0.364 e. The molecule has 3 heteroatoms. The molecular formula is C12H18N2O. The van der Waals surface area contributed by atoms with E-state index in [1.807, 2.05) is 12.1 Å². The third-order valence-corrected chi connectivity index (χ3v) is 2.35. The van der Waals surface area contributed by atoms with Crippen LogP contribution in [0.4, 0.5) is 0 Å². The molecule has 1 amide bonds. The van der Waals surface area contributed by atoms with Crippen molar-refractivity contribution in [2.24, 2.45) is 5.73 Å². The van der Waals surface area contributed by atoms with Gasteiger partial charge in [0.15, 0.2) is 0 Å². The molecule has 1 heterocycles. The minimum Gasteiger partial charge on any atom is -0.364 e. The van der Waals surface area contributed by atoms with Crippen molar-refractivity contribution in [2.75, 3.05) is 0 Å². The lowest BCUT2D eigenvalue weighted by atomic mass is 10.1. The molecule has 1 aromatic rings. The molecule has 0 aliphatic heterocycles. The van der Waals surface area contributed by atoms with Gasteiger partial charge >= 0.3 is 0 Å². The molecule has 0 aromatic carbocycles. The van der Waals surface area contributed by atoms with Gasteiger partial charge in [-0.1, -0.05) is 32.3 Å². The Labute approximate surface area is 90.7 Å². The third-order valence-electron chi connectivity index (χ3n) is 2.35. The summed E-state index contributed by atoms with van der Waals surface area (Å²) in [5.74, 6) is -0.453. The Kier molecular flexibility index (Phi) is 4.81. The van der Waals surface area contributed by atoms with Gasteiger partial charge in [0.1, 0.15) is 5.69 Å². The number of amides is 1. The Morgan fingerprint density at radius 2 is 2.13 bits per heavy atom. The quantitative estimate of drug-likeness (QED) is 0.726. The van der Waals surface area contributed by atoms with E-state index in [1.54, 1.807) is 6.07 Å². The van der Waals surface area contributed by atoms with Crippen LogP contribution in [-0.4, -0.2) is 10.9 Å². The van der Waals surface area contributed by atoms with Gasteiger partial charge in [0.2, 0.25) is 0 Å². The first-order valence-corrected chi connectivity index (χ1v) is 5.49. The number of hydrogen-bond acceptors (Lipinski definition) is 2. The molecule has 3 nitrogen and oxygen atoms in total. The van der Waals surface area contributed by atoms with Crippen LogP contribution >= 0.6 is 0 Å². The molecule has 15 heavy (non-hydrogen) atoms. The van der Waals surface area contributed by atoms with Crippen LogP contribution in [0.3, 0.4) is 0 Å². The van der Waals surface area contributed by atoms with E-state index in [-0.39, 0.29) is 0 Å². The first kappa shape index (κ1) is 11.7. The summed E-state index contributed by atoms with van der Waals surface area (Å²) in [5.41, 5.74) is 6.48. The molecule has 0 bridgehead atoms. The van der Waals surface area contributed by atoms with E-state index in [1.165, 1.54) is 19.3 Å². The van der Waals surface area contributed by atoms with Crippen molar-refractivity contribution in [3.8, 4) is 0 Å². The van der Waals surface area contributed by atoms with Crippen molar-refractivity contribution in [3.63, 3.8) is 0 Å². The number of carbonyl (C=O) groups excluding carboxylic acids is 1. The molecule has 0 spiro atoms. The molecule has 0 fully saturated rings. The fourth-order valence-corrected chi connectivity index (χ4v) is 1.49. The van der Waals surface area contributed by atoms with Crippen LogP contribution in [0.5, 0.6) is 0 Å². The first-order chi connectivity index (χ1) is 7.24. The van der Waals surface area contributed by atoms with Crippen molar-refractivity contribution in [1.82, 2.24) is 4.98 Å². The zero-order chi connectivity index (χ0) is 11.1. The van der Waals surface area contributed by atoms with Crippen LogP contribution in [0, 0.1) is 0 Å². The molecular weight excluding hydrogens is 188 g/mol. The number of nitrogens with zero attached hydrogens (tertiary/aromatic N) is 1. The lowest BCUT2D eigenvalue weighted by Crippen LogP contribution is -2.13. The van der Waals surface area contributed by atoms with Gasteiger partial charge in [0.05, 0.1) is 0 Å². The lowest BCUT2D eigenvalue weighted by molar-refractivity contribution is 0.0995. The van der Waals surface area contributed by atoms with E-state index in [9.17, 15) is 4.79 Å². The SMILES string of the molecule is CCCCCCc1cccc(C(N)=O)n1. The maximum absolute atomic E-state index is 10.9. The maximum Gasteiger partial charge on any atom is 0.267 e. The molecule has 0 aliphatic carbocycles. The summed E-state index contributed by atoms with van der Waals surface area (Å²) in [4.78, 5) is 15.1. The summed E-state index contributed by atoms with van der Waals surface area (Å²) >= 11 is 0. The number of unbranched alkanes of at least 4 members (excludes halogenated alkanes) is 3. The smallest absolute Gasteiger partial charge is 0.267 e. The monoisotopic (exact) mass is 206 g/mol. The number of pyridine rings is 1. The first-order valence-electron chi connectivity index (χ1n) is 5.49. The molecule has 1 rings (SSSR count). The average Bonchev–Trinajstić information content (AvgIpc) is 2.25. The second kappa shape index (κ2) is 6.17. The number of primary amides is 1. The van der Waals surface area contributed by atoms with E-state index >= 15 is 0 Å². The molecule has 0 unspecified atom stereocenters. The van der Waals surface area contributed by atoms with Gasteiger partial charge in [0, 0.05) is 5.69 Å². The standard InChI is InChI=1S/C12H18N2O/c1-2-3-4-5-7-10-8-6-9-11(14-10)12(13)15/h6,8-9H,2-5,7H2,1H3,(H2,13,15). The van der Waals surface area contributed by atoms with Crippen molar-refractivity contribution in [1.29, 1.82) is 0 Å². The van der Waals surface area contributed by atoms with E-state index in [0.717, 1.165) is 18.5 Å². The predicted octanol–water partition coefficient (Wildman–Crippen LogP) is 2.30. The molecule has 82 valence electrons. The van der Waals surface area contributed by atoms with Gasteiger partial charge in [-0.25, -0.2) is 4.98 Å². The second-order valence-electron chi connectivity index (χ2n) is 3.69. The number of carbonyl (C=O) groups is 1. The topological polar surface area (TPSA) is 56.0 Å². The van der Waals surface area contributed by atoms with Crippen LogP contribution in [-0.2, 0) is 6.42 Å². The fraction of sp³-hybridized carbons (Fsp3) is 0.500. The number of aryl methyl sites for hydroxylation is 1. The zero-order valence-electron chi connectivity index (χ0n) is 9.20. The van der Waals surface area contributed by atoms with Gasteiger partial charge in [-0.2, -0.15) is 0 Å². The highest BCUT2D eigenvalue weighted by atomic mass is 16.1. The Hall–Kier alpha value is -1.38. The Morgan fingerprint density at radius 3 is 2.80 bits per heavy atom. The number of nitrogens with two attached hydrogens (primary N) is 1. The van der Waals surface area contributed by atoms with E-state index in [4.69, 9.17) is 5.73 Å². The van der Waals surface area contributed by atoms with Crippen molar-refractivity contribution < 1.29 is 4.79 Å². The minimum absolute atomic E-state index is 0.364. The van der Waals surface area contributed by atoms with Gasteiger partial charge < -0.3 is 5.73 Å². The van der Waals surface area contributed by atoms with E-state index in [2.05, 4.69) is 11.9 Å². The van der Waals surface area contributed by atoms with Crippen LogP contribution in [0.2, 0.25) is 0 Å². The zero-order valence-corrected chi connectivity index (χ0v) is 9.20. The van der Waals surface area contributed by atoms with Crippen LogP contribution in [0.1, 0.15) is 48.8 Å². The Bertz CT molecular complexity index is 323. The third kappa shape index (κ3) is 4.11. The summed E-state index contributed by atoms with van der Waals surface area (Å²) in [6.45, 7) is 2.19. The minimum atomic E-state index is -0.453. The van der Waals surface area contributed by atoms with E-state index < -0.39 is 5.91 Å². The summed E-state index contributed by atoms with van der Waals surface area (Å²) < 4.78 is 0. The Balaban J connectivity index is 2.47. The summed E-state index contributed by atoms with van der Waals surface area (Å²) in [7, 11) is 0. The molecule has 2 N–H and O–H groups in total. The number of hydrogen-bond donors (Lipinski definition) is 1. The Morgan fingerprint density at radius 1 is 1.33 bits per heavy atom. The van der Waals surface area contributed by atoms with Crippen molar-refractivity contribution in [2.45, 2.75) is 39.0 Å². The predicted molar refractivity (Wildman–Crippen MR) is 60.6 cm³/mol. The normalized spacial score (nSPS) is 10.2. The average molecular weight is 206 g/mol. The van der Waals surface area contributed by atoms with Crippen LogP contribution in [0.25, 0.3) is 0 Å². The summed E-state index contributed by atoms with van der Waals surface area (Å²) in [6, 6.07) is 5.43. The van der Waals surface area contributed by atoms with Gasteiger partial charge in [-0.05, 0) is 25.0 Å². The van der Waals surface area contributed by atoms with Gasteiger partial charge in [-0.3, -0.25) is 4.79 Å². The van der Waals surface area contributed by atoms with Gasteiger partial charge in [-0.15, -0.1) is 0 Å². The molecule has 1 aromatic heterocycles. The van der Waals surface area contributed by atoms with E-state index in [0.29, 0.717) is 5.69 Å². The van der Waals surface area contributed by atoms with Crippen molar-refractivity contribution >= 4 is 5.91 Å². The van der Waals surface area contributed by atoms with Gasteiger partial charge in [0.25, 0.3) is 5.91 Å². The molecule has 0 radical (unpaired) electrons. The highest BCUT2D eigenvalue weighted by Gasteiger charge is 2.02. The molecule has 0 saturated carbocycles. The summed E-state index contributed by atoms with van der Waals surface area (Å²) in [6.07, 6.45) is 5.77. The number of rotatable bonds is 6. The lowest BCUT2D eigenvalue weighted by Gasteiger charge is -2.01. The van der Waals surface area contributed by atoms with Crippen LogP contribution < -0.4 is 5.73 Å². The second-order valence-corrected chi connectivity index (χ2v) is 3.69.